The fourth-order valence-electron chi connectivity index (χ4n) is 1.21. The molecule has 0 spiro atoms. The molecule has 0 aliphatic heterocycles. The Kier molecular flexibility index (Phi) is 50.7. The Balaban J connectivity index is -0.0000000755. The second kappa shape index (κ2) is 38.2. The van der Waals surface area contributed by atoms with E-state index in [1.54, 1.807) is 0 Å². The Hall–Kier alpha value is -1.78. The summed E-state index contributed by atoms with van der Waals surface area (Å²) in [6.45, 7) is 0. The molecule has 0 aliphatic rings. The van der Waals surface area contributed by atoms with Gasteiger partial charge in [0.25, 0.3) is 0 Å². The van der Waals surface area contributed by atoms with Crippen LogP contribution in [0, 0.1) is 35.6 Å². The third-order valence-electron chi connectivity index (χ3n) is 2.96. The zero-order chi connectivity index (χ0) is 35.2. The van der Waals surface area contributed by atoms with Crippen LogP contribution in [0.15, 0.2) is 0 Å². The zero-order valence-electron chi connectivity index (χ0n) is 22.1. The van der Waals surface area contributed by atoms with E-state index in [9.17, 15) is 28.8 Å². The van der Waals surface area contributed by atoms with Gasteiger partial charge in [-0.1, -0.05) is 13.0 Å². The maximum atomic E-state index is 9.99. The van der Waals surface area contributed by atoms with E-state index in [1.807, 2.05) is 0 Å². The van der Waals surface area contributed by atoms with E-state index >= 15 is 0 Å². The van der Waals surface area contributed by atoms with Gasteiger partial charge in [-0.05, 0) is 19.3 Å². The molecule has 0 aromatic heterocycles. The van der Waals surface area contributed by atoms with Gasteiger partial charge in [-0.25, -0.2) is 0 Å². The second-order valence-corrected chi connectivity index (χ2v) is 10.0. The number of carboxylic acid groups (broad SMARTS) is 6. The smallest absolute Gasteiger partial charge is 0.481 e. The molecule has 0 bridgehead atoms. The van der Waals surface area contributed by atoms with Gasteiger partial charge >= 0.3 is 71.4 Å². The first kappa shape index (κ1) is 56.9. The molecule has 0 aliphatic carbocycles. The summed E-state index contributed by atoms with van der Waals surface area (Å²) < 4.78 is 0.250. The summed E-state index contributed by atoms with van der Waals surface area (Å²) in [7, 11) is 0. The van der Waals surface area contributed by atoms with E-state index in [1.165, 1.54) is 0 Å². The van der Waals surface area contributed by atoms with Crippen molar-refractivity contribution in [2.45, 2.75) is 56.7 Å². The first-order chi connectivity index (χ1) is 18.8. The first-order valence-corrected chi connectivity index (χ1v) is 12.8. The Morgan fingerprint density at radius 1 is 0.488 bits per heavy atom. The minimum atomic E-state index is -1.17. The normalized spacial score (nSPS) is 10.4. The number of nitrogens with two attached hydrogens (primary N) is 6. The number of carboxylic acids is 6. The fourth-order valence-corrected chi connectivity index (χ4v) is 1.21. The van der Waals surface area contributed by atoms with Crippen LogP contribution in [0.4, 0.5) is 0 Å². The van der Waals surface area contributed by atoms with Crippen molar-refractivity contribution < 1.29 is 95.0 Å². The Morgan fingerprint density at radius 3 is 0.674 bits per heavy atom. The van der Waals surface area contributed by atoms with Crippen molar-refractivity contribution in [3.05, 3.63) is 0 Å². The van der Waals surface area contributed by atoms with Crippen molar-refractivity contribution in [1.82, 2.24) is 0 Å². The van der Waals surface area contributed by atoms with Crippen LogP contribution < -0.4 is 34.4 Å². The van der Waals surface area contributed by atoms with Crippen molar-refractivity contribution in [2.24, 2.45) is 34.4 Å². The molecule has 0 aromatic rings. The molecular weight excluding hydrogens is 824 g/mol. The van der Waals surface area contributed by atoms with Gasteiger partial charge in [0.1, 0.15) is 18.1 Å². The van der Waals surface area contributed by atoms with Gasteiger partial charge in [-0.3, -0.25) is 28.8 Å². The molecule has 0 fully saturated rings. The van der Waals surface area contributed by atoms with Crippen LogP contribution in [-0.2, 0) is 66.7 Å². The molecule has 0 aromatic carbocycles. The van der Waals surface area contributed by atoms with E-state index in [-0.39, 0.29) is 87.1 Å². The van der Waals surface area contributed by atoms with Crippen LogP contribution in [0.3, 0.4) is 0 Å². The van der Waals surface area contributed by atoms with Crippen LogP contribution in [0.5, 0.6) is 0 Å². The molecule has 18 nitrogen and oxygen atoms in total. The number of rotatable bonds is 12. The largest absolute Gasteiger partial charge is 3.00 e. The quantitative estimate of drug-likeness (QED) is 0.0693. The van der Waals surface area contributed by atoms with Crippen molar-refractivity contribution in [2.75, 3.05) is 0 Å². The molecule has 18 N–H and O–H groups in total. The van der Waals surface area contributed by atoms with Crippen LogP contribution in [0.25, 0.3) is 0 Å². The number of hydrogen-bond donors (Lipinski definition) is 12. The molecule has 246 valence electrons. The average Bonchev–Trinajstić information content (AvgIpc) is 2.78. The third kappa shape index (κ3) is 92.4. The van der Waals surface area contributed by atoms with Crippen molar-refractivity contribution >= 4 is 123 Å². The summed E-state index contributed by atoms with van der Waals surface area (Å²) in [5.41, 5.74) is 29.0. The fraction of sp³-hybridized carbons (Fsp3) is 0.500. The first-order valence-electron chi connectivity index (χ1n) is 10.3. The van der Waals surface area contributed by atoms with Gasteiger partial charge < -0.3 is 140 Å². The molecule has 3 atom stereocenters. The maximum Gasteiger partial charge on any atom is 3.00 e. The minimum absolute atomic E-state index is 0. The molecule has 0 rings (SSSR count). The van der Waals surface area contributed by atoms with E-state index < -0.39 is 53.9 Å². The standard InChI is InChI=1S/3C5H9NO4.3CH3NS2.La/c3*6-3(5(9)10)1-2-4(7)8;3*2-1(3)4;/h3*3H,1-2,6H2,(H,7,8)(H,9,10);3*(H3,2,3,4);/q;;;;;;+3/p-3. The summed E-state index contributed by atoms with van der Waals surface area (Å²) in [5, 5.41) is 48.8. The predicted octanol–water partition coefficient (Wildman–Crippen LogP) is -2.88. The van der Waals surface area contributed by atoms with E-state index in [4.69, 9.17) is 47.8 Å². The molecule has 3 unspecified atom stereocenters. The monoisotopic (exact) mass is 856 g/mol. The SMILES string of the molecule is NC(=S)[S-].NC(=S)[S-].NC(=S)[S-].NC(CCC(=O)O)C(=O)O.NC(CCC(=O)O)C(=O)O.NC(CCC(=O)O)C(=O)O.[La+3]. The molecule has 43 heavy (non-hydrogen) atoms. The van der Waals surface area contributed by atoms with E-state index in [0.29, 0.717) is 0 Å². The van der Waals surface area contributed by atoms with Gasteiger partial charge in [0.05, 0.1) is 0 Å². The molecule has 0 amide bonds. The van der Waals surface area contributed by atoms with Crippen molar-refractivity contribution in [3.8, 4) is 0 Å². The van der Waals surface area contributed by atoms with Crippen LogP contribution in [0.1, 0.15) is 38.5 Å². The van der Waals surface area contributed by atoms with Gasteiger partial charge in [-0.2, -0.15) is 0 Å². The molecule has 0 saturated heterocycles. The van der Waals surface area contributed by atoms with Gasteiger partial charge in [-0.15, -0.1) is 0 Å². The van der Waals surface area contributed by atoms with Gasteiger partial charge in [0.15, 0.2) is 0 Å². The van der Waals surface area contributed by atoms with Gasteiger partial charge in [0.2, 0.25) is 0 Å². The summed E-state index contributed by atoms with van der Waals surface area (Å²) >= 11 is 24.8. The van der Waals surface area contributed by atoms with Crippen LogP contribution >= 0.6 is 36.7 Å². The molecule has 0 heterocycles. The second-order valence-electron chi connectivity index (χ2n) is 6.59. The molecule has 0 radical (unpaired) electrons. The number of aliphatic carboxylic acids is 6. The van der Waals surface area contributed by atoms with Crippen molar-refractivity contribution in [3.63, 3.8) is 0 Å². The molecule has 0 saturated carbocycles. The summed E-state index contributed by atoms with van der Waals surface area (Å²) in [4.78, 5) is 59.6. The van der Waals surface area contributed by atoms with E-state index in [0.717, 1.165) is 0 Å². The summed E-state index contributed by atoms with van der Waals surface area (Å²) in [6, 6.07) is -3.18. The maximum absolute atomic E-state index is 9.99. The number of carbonyl (C=O) groups is 6. The predicted molar refractivity (Wildman–Crippen MR) is 170 cm³/mol. The number of hydrogen-bond acceptors (Lipinski definition) is 15. The molecular formula is C18H33LaN6O12S6. The third-order valence-corrected chi connectivity index (χ3v) is 2.96. The minimum Gasteiger partial charge on any atom is -0.481 e. The van der Waals surface area contributed by atoms with Gasteiger partial charge in [0, 0.05) is 19.3 Å². The number of thiocarbonyl (C=S) groups is 3. The zero-order valence-corrected chi connectivity index (χ0v) is 30.6. The Morgan fingerprint density at radius 2 is 0.605 bits per heavy atom. The summed E-state index contributed by atoms with van der Waals surface area (Å²) in [5.74, 6) is -6.59. The Labute approximate surface area is 306 Å². The van der Waals surface area contributed by atoms with Crippen LogP contribution in [0.2, 0.25) is 0 Å². The topological polar surface area (TPSA) is 380 Å². The molecule has 25 heteroatoms. The van der Waals surface area contributed by atoms with Crippen molar-refractivity contribution in [1.29, 1.82) is 0 Å². The average molecular weight is 857 g/mol. The van der Waals surface area contributed by atoms with Crippen LogP contribution in [-0.4, -0.2) is 97.5 Å². The summed E-state index contributed by atoms with van der Waals surface area (Å²) in [6.07, 6.45) is -0.672. The Bertz CT molecular complexity index is 770. The van der Waals surface area contributed by atoms with E-state index in [2.05, 4.69) is 91.7 Å².